The number of amides is 1. The van der Waals surface area contributed by atoms with E-state index in [-0.39, 0.29) is 36.5 Å². The van der Waals surface area contributed by atoms with Crippen molar-refractivity contribution in [2.45, 2.75) is 71.5 Å². The van der Waals surface area contributed by atoms with Gasteiger partial charge in [-0.25, -0.2) is 0 Å². The fourth-order valence-electron chi connectivity index (χ4n) is 3.38. The van der Waals surface area contributed by atoms with E-state index >= 15 is 0 Å². The van der Waals surface area contributed by atoms with Crippen molar-refractivity contribution in [3.05, 3.63) is 0 Å². The van der Waals surface area contributed by atoms with Crippen molar-refractivity contribution >= 4 is 29.9 Å². The molecule has 2 aliphatic heterocycles. The summed E-state index contributed by atoms with van der Waals surface area (Å²) < 4.78 is 11.2. The number of rotatable bonds is 7. The molecule has 0 radical (unpaired) electrons. The van der Waals surface area contributed by atoms with Gasteiger partial charge in [0.05, 0.1) is 12.2 Å². The Morgan fingerprint density at radius 3 is 2.00 bits per heavy atom. The van der Waals surface area contributed by atoms with Gasteiger partial charge in [-0.1, -0.05) is 27.2 Å². The van der Waals surface area contributed by atoms with Gasteiger partial charge in [0.25, 0.3) is 0 Å². The summed E-state index contributed by atoms with van der Waals surface area (Å²) in [4.78, 5) is 16.2. The van der Waals surface area contributed by atoms with Crippen LogP contribution in [0.5, 0.6) is 0 Å². The molecule has 0 aliphatic carbocycles. The van der Waals surface area contributed by atoms with Gasteiger partial charge in [0.15, 0.2) is 0 Å². The van der Waals surface area contributed by atoms with Gasteiger partial charge in [-0.2, -0.15) is 0 Å². The summed E-state index contributed by atoms with van der Waals surface area (Å²) in [5.41, 5.74) is 0. The summed E-state index contributed by atoms with van der Waals surface area (Å²) >= 11 is 0. The number of hydrogen-bond acceptors (Lipinski definition) is 4. The molecule has 0 bridgehead atoms. The van der Waals surface area contributed by atoms with Crippen molar-refractivity contribution < 1.29 is 14.3 Å². The number of piperidine rings is 2. The monoisotopic (exact) mass is 470 g/mol. The highest BCUT2D eigenvalue weighted by Crippen LogP contribution is 2.21. The van der Waals surface area contributed by atoms with E-state index in [9.17, 15) is 4.79 Å². The molecular formula is C19H39IN2O3. The summed E-state index contributed by atoms with van der Waals surface area (Å²) in [7, 11) is 1.57. The van der Waals surface area contributed by atoms with Crippen LogP contribution in [0, 0.1) is 0 Å². The van der Waals surface area contributed by atoms with Gasteiger partial charge in [0.1, 0.15) is 6.61 Å². The Kier molecular flexibility index (Phi) is 15.2. The average Bonchev–Trinajstić information content (AvgIpc) is 2.63. The van der Waals surface area contributed by atoms with Gasteiger partial charge in [0.2, 0.25) is 5.91 Å². The van der Waals surface area contributed by atoms with Gasteiger partial charge < -0.3 is 19.3 Å². The number of nitrogens with zero attached hydrogens (tertiary/aromatic N) is 2. The first-order valence-electron chi connectivity index (χ1n) is 9.87. The van der Waals surface area contributed by atoms with Gasteiger partial charge >= 0.3 is 0 Å². The largest absolute Gasteiger partial charge is 0.375 e. The van der Waals surface area contributed by atoms with Crippen molar-refractivity contribution in [1.29, 1.82) is 0 Å². The first-order valence-corrected chi connectivity index (χ1v) is 9.87. The van der Waals surface area contributed by atoms with Crippen molar-refractivity contribution in [2.75, 3.05) is 46.4 Å². The van der Waals surface area contributed by atoms with Gasteiger partial charge in [-0.05, 0) is 38.6 Å². The van der Waals surface area contributed by atoms with Crippen molar-refractivity contribution in [2.24, 2.45) is 0 Å². The van der Waals surface area contributed by atoms with Gasteiger partial charge in [-0.15, -0.1) is 24.0 Å². The van der Waals surface area contributed by atoms with Crippen LogP contribution < -0.4 is 0 Å². The highest BCUT2D eigenvalue weighted by molar-refractivity contribution is 14.0. The number of carbonyl (C=O) groups is 1. The molecule has 0 spiro atoms. The molecule has 2 heterocycles. The molecule has 2 saturated heterocycles. The molecule has 2 rings (SSSR count). The molecule has 0 saturated carbocycles. The van der Waals surface area contributed by atoms with Gasteiger partial charge in [-0.3, -0.25) is 4.79 Å². The summed E-state index contributed by atoms with van der Waals surface area (Å²) in [5.74, 6) is 0.102. The second-order valence-electron chi connectivity index (χ2n) is 6.54. The molecule has 5 nitrogen and oxygen atoms in total. The number of likely N-dealkylation sites (tertiary alicyclic amines) is 2. The molecule has 0 atom stereocenters. The smallest absolute Gasteiger partial charge is 0.248 e. The van der Waals surface area contributed by atoms with Crippen molar-refractivity contribution in [1.82, 2.24) is 9.80 Å². The Bertz CT molecular complexity index is 329. The average molecular weight is 470 g/mol. The van der Waals surface area contributed by atoms with Crippen molar-refractivity contribution in [3.63, 3.8) is 0 Å². The number of carbonyl (C=O) groups excluding carboxylic acids is 1. The van der Waals surface area contributed by atoms with E-state index in [4.69, 9.17) is 9.47 Å². The van der Waals surface area contributed by atoms with Crippen LogP contribution in [0.2, 0.25) is 0 Å². The summed E-state index contributed by atoms with van der Waals surface area (Å²) in [6.45, 7) is 11.7. The third-order valence-corrected chi connectivity index (χ3v) is 4.81. The SMILES string of the molecule is CC.CCCCN1CCC(OC2CCN(C(=O)COC)CC2)CC1.I. The minimum Gasteiger partial charge on any atom is -0.375 e. The lowest BCUT2D eigenvalue weighted by Gasteiger charge is -2.37. The molecule has 25 heavy (non-hydrogen) atoms. The van der Waals surface area contributed by atoms with Crippen LogP contribution >= 0.6 is 24.0 Å². The lowest BCUT2D eigenvalue weighted by atomic mass is 10.0. The molecule has 0 aromatic rings. The van der Waals surface area contributed by atoms with Crippen LogP contribution in [-0.2, 0) is 14.3 Å². The lowest BCUT2D eigenvalue weighted by molar-refractivity contribution is -0.139. The van der Waals surface area contributed by atoms with E-state index < -0.39 is 0 Å². The molecule has 2 fully saturated rings. The van der Waals surface area contributed by atoms with Crippen molar-refractivity contribution in [3.8, 4) is 0 Å². The summed E-state index contributed by atoms with van der Waals surface area (Å²) in [6.07, 6.45) is 7.58. The zero-order chi connectivity index (χ0) is 17.8. The Hall–Kier alpha value is 0.0800. The quantitative estimate of drug-likeness (QED) is 0.534. The van der Waals surface area contributed by atoms with Crippen LogP contribution in [0.3, 0.4) is 0 Å². The van der Waals surface area contributed by atoms with Crippen LogP contribution in [0.25, 0.3) is 0 Å². The summed E-state index contributed by atoms with van der Waals surface area (Å²) in [6, 6.07) is 0. The first kappa shape index (κ1) is 25.1. The summed E-state index contributed by atoms with van der Waals surface area (Å²) in [5, 5.41) is 0. The second-order valence-corrected chi connectivity index (χ2v) is 6.54. The number of halogens is 1. The first-order chi connectivity index (χ1) is 11.7. The third-order valence-electron chi connectivity index (χ3n) is 4.81. The Labute approximate surface area is 171 Å². The standard InChI is InChI=1S/C17H32N2O3.C2H6.HI/c1-3-4-9-18-10-5-15(6-11-18)22-16-7-12-19(13-8-16)17(20)14-21-2;1-2;/h15-16H,3-14H2,1-2H3;1-2H3;1H. The predicted molar refractivity (Wildman–Crippen MR) is 114 cm³/mol. The molecule has 0 aromatic carbocycles. The third kappa shape index (κ3) is 9.54. The molecule has 150 valence electrons. The van der Waals surface area contributed by atoms with Crippen LogP contribution in [0.15, 0.2) is 0 Å². The Morgan fingerprint density at radius 2 is 1.52 bits per heavy atom. The fourth-order valence-corrected chi connectivity index (χ4v) is 3.38. The number of ether oxygens (including phenoxy) is 2. The maximum absolute atomic E-state index is 11.8. The van der Waals surface area contributed by atoms with E-state index in [1.165, 1.54) is 32.5 Å². The van der Waals surface area contributed by atoms with Crippen LogP contribution in [0.1, 0.15) is 59.3 Å². The van der Waals surface area contributed by atoms with Crippen LogP contribution in [-0.4, -0.2) is 74.4 Å². The van der Waals surface area contributed by atoms with E-state index in [1.807, 2.05) is 18.7 Å². The fraction of sp³-hybridized carbons (Fsp3) is 0.947. The van der Waals surface area contributed by atoms with E-state index in [0.29, 0.717) is 12.2 Å². The van der Waals surface area contributed by atoms with Gasteiger partial charge in [0, 0.05) is 33.3 Å². The highest BCUT2D eigenvalue weighted by Gasteiger charge is 2.27. The minimum atomic E-state index is 0. The maximum Gasteiger partial charge on any atom is 0.248 e. The van der Waals surface area contributed by atoms with E-state index in [0.717, 1.165) is 38.8 Å². The maximum atomic E-state index is 11.8. The van der Waals surface area contributed by atoms with E-state index in [1.54, 1.807) is 7.11 Å². The Morgan fingerprint density at radius 1 is 1.00 bits per heavy atom. The zero-order valence-corrected chi connectivity index (χ0v) is 19.0. The topological polar surface area (TPSA) is 42.0 Å². The highest BCUT2D eigenvalue weighted by atomic mass is 127. The predicted octanol–water partition coefficient (Wildman–Crippen LogP) is 3.55. The number of hydrogen-bond donors (Lipinski definition) is 0. The lowest BCUT2D eigenvalue weighted by Crippen LogP contribution is -2.44. The van der Waals surface area contributed by atoms with Crippen LogP contribution in [0.4, 0.5) is 0 Å². The molecule has 0 unspecified atom stereocenters. The number of methoxy groups -OCH3 is 1. The normalized spacial score (nSPS) is 19.8. The zero-order valence-electron chi connectivity index (χ0n) is 16.7. The molecule has 6 heteroatoms. The second kappa shape index (κ2) is 15.2. The van der Waals surface area contributed by atoms with E-state index in [2.05, 4.69) is 11.8 Å². The molecule has 0 aromatic heterocycles. The molecule has 2 aliphatic rings. The molecule has 1 amide bonds. The number of unbranched alkanes of at least 4 members (excludes halogenated alkanes) is 1. The molecule has 0 N–H and O–H groups in total. The molecular weight excluding hydrogens is 431 g/mol. The Balaban J connectivity index is 0.00000185. The minimum absolute atomic E-state index is 0.